The van der Waals surface area contributed by atoms with Gasteiger partial charge in [0, 0.05) is 6.42 Å². The molecule has 2 rings (SSSR count). The van der Waals surface area contributed by atoms with Crippen LogP contribution in [0.2, 0.25) is 0 Å². The Morgan fingerprint density at radius 1 is 0.667 bits per heavy atom. The highest BCUT2D eigenvalue weighted by Gasteiger charge is 2.20. The molecule has 2 aromatic rings. The Morgan fingerprint density at radius 3 is 1.45 bits per heavy atom. The van der Waals surface area contributed by atoms with Crippen LogP contribution >= 0.6 is 0 Å². The molecule has 6 heteroatoms. The molecule has 0 unspecified atom stereocenters. The summed E-state index contributed by atoms with van der Waals surface area (Å²) in [6.07, 6.45) is 3.29. The third-order valence-corrected chi connectivity index (χ3v) is 5.38. The molecule has 6 nitrogen and oxygen atoms in total. The van der Waals surface area contributed by atoms with E-state index in [1.807, 2.05) is 24.3 Å². The smallest absolute Gasteiger partial charge is 0.290 e. The highest BCUT2D eigenvalue weighted by atomic mass is 17.3. The summed E-state index contributed by atoms with van der Waals surface area (Å²) >= 11 is 0. The quantitative estimate of drug-likeness (QED) is 0.138. The first kappa shape index (κ1) is 26.6. The van der Waals surface area contributed by atoms with Crippen LogP contribution in [0.3, 0.4) is 0 Å². The van der Waals surface area contributed by atoms with Crippen molar-refractivity contribution in [1.29, 1.82) is 0 Å². The van der Waals surface area contributed by atoms with E-state index in [1.165, 1.54) is 0 Å². The van der Waals surface area contributed by atoms with Crippen LogP contribution in [0.15, 0.2) is 48.5 Å². The average Bonchev–Trinajstić information content (AvgIpc) is 2.82. The van der Waals surface area contributed by atoms with Crippen molar-refractivity contribution in [1.82, 2.24) is 0 Å². The number of carbonyl (C=O) groups is 2. The fourth-order valence-corrected chi connectivity index (χ4v) is 3.15. The molecule has 0 spiro atoms. The molecule has 0 radical (unpaired) electrons. The van der Waals surface area contributed by atoms with Crippen LogP contribution in [0.4, 0.5) is 0 Å². The molecule has 0 aliphatic heterocycles. The zero-order chi connectivity index (χ0) is 24.2. The van der Waals surface area contributed by atoms with Gasteiger partial charge in [-0.25, -0.2) is 9.59 Å². The highest BCUT2D eigenvalue weighted by molar-refractivity contribution is 5.89. The van der Waals surface area contributed by atoms with Gasteiger partial charge in [-0.05, 0) is 53.6 Å². The lowest BCUT2D eigenvalue weighted by Crippen LogP contribution is -2.22. The topological polar surface area (TPSA) is 71.1 Å². The van der Waals surface area contributed by atoms with Gasteiger partial charge >= 0.3 is 11.9 Å². The van der Waals surface area contributed by atoms with E-state index in [-0.39, 0.29) is 0 Å². The molecule has 0 atom stereocenters. The fourth-order valence-electron chi connectivity index (χ4n) is 3.15. The molecule has 180 valence electrons. The van der Waals surface area contributed by atoms with Crippen molar-refractivity contribution in [3.63, 3.8) is 0 Å². The van der Waals surface area contributed by atoms with Gasteiger partial charge < -0.3 is 0 Å². The Labute approximate surface area is 197 Å². The molecule has 0 aromatic heterocycles. The van der Waals surface area contributed by atoms with Crippen LogP contribution in [0.25, 0.3) is 0 Å². The Balaban J connectivity index is 1.92. The summed E-state index contributed by atoms with van der Waals surface area (Å²) in [4.78, 5) is 45.0. The van der Waals surface area contributed by atoms with Crippen LogP contribution in [0.1, 0.15) is 110 Å². The maximum absolute atomic E-state index is 12.3. The summed E-state index contributed by atoms with van der Waals surface area (Å²) < 4.78 is 0. The number of carbonyl (C=O) groups excluding carboxylic acids is 2. The molecule has 0 fully saturated rings. The second-order valence-electron chi connectivity index (χ2n) is 8.77. The number of benzene rings is 2. The lowest BCUT2D eigenvalue weighted by Gasteiger charge is -2.15. The van der Waals surface area contributed by atoms with E-state index in [1.54, 1.807) is 24.3 Å². The Bertz CT molecular complexity index is 788. The van der Waals surface area contributed by atoms with Crippen molar-refractivity contribution in [3.05, 3.63) is 70.8 Å². The molecule has 0 saturated heterocycles. The fraction of sp³-hybridized carbons (Fsp3) is 0.481. The predicted molar refractivity (Wildman–Crippen MR) is 127 cm³/mol. The monoisotopic (exact) mass is 456 g/mol. The van der Waals surface area contributed by atoms with Gasteiger partial charge in [-0.1, -0.05) is 78.1 Å². The zero-order valence-corrected chi connectivity index (χ0v) is 20.3. The lowest BCUT2D eigenvalue weighted by molar-refractivity contribution is -0.421. The number of hydrogen-bond acceptors (Lipinski definition) is 6. The summed E-state index contributed by atoms with van der Waals surface area (Å²) in [5, 5.41) is 0. The minimum atomic E-state index is -1.01. The summed E-state index contributed by atoms with van der Waals surface area (Å²) in [5.41, 5.74) is 2.98. The summed E-state index contributed by atoms with van der Waals surface area (Å²) in [5.74, 6) is -0.543. The molecule has 0 aliphatic rings. The zero-order valence-electron chi connectivity index (χ0n) is 20.3. The maximum Gasteiger partial charge on any atom is 0.373 e. The van der Waals surface area contributed by atoms with Gasteiger partial charge in [0.05, 0.1) is 11.1 Å². The number of hydrogen-bond donors (Lipinski definition) is 0. The third-order valence-electron chi connectivity index (χ3n) is 5.38. The normalized spacial score (nSPS) is 11.3. The third kappa shape index (κ3) is 8.98. The second kappa shape index (κ2) is 13.8. The van der Waals surface area contributed by atoms with E-state index in [4.69, 9.17) is 19.6 Å². The first-order valence-corrected chi connectivity index (χ1v) is 11.8. The van der Waals surface area contributed by atoms with Crippen molar-refractivity contribution in [2.75, 3.05) is 0 Å². The number of unbranched alkanes of at least 4 members (excludes halogenated alkanes) is 3. The minimum absolute atomic E-state index is 0.364. The molecule has 0 amide bonds. The molecule has 0 bridgehead atoms. The first-order valence-electron chi connectivity index (χ1n) is 11.8. The summed E-state index contributed by atoms with van der Waals surface area (Å²) in [6, 6.07) is 14.3. The van der Waals surface area contributed by atoms with Crippen molar-refractivity contribution >= 4 is 11.9 Å². The van der Waals surface area contributed by atoms with Crippen LogP contribution < -0.4 is 0 Å². The Hall–Kier alpha value is -2.70. The summed E-state index contributed by atoms with van der Waals surface area (Å²) in [6.45, 7) is 10.4. The predicted octanol–water partition coefficient (Wildman–Crippen LogP) is 7.11. The Kier molecular flexibility index (Phi) is 11.1. The van der Waals surface area contributed by atoms with E-state index in [2.05, 4.69) is 34.6 Å². The van der Waals surface area contributed by atoms with Crippen LogP contribution in [0.5, 0.6) is 0 Å². The lowest BCUT2D eigenvalue weighted by atomic mass is 10.0. The molecule has 0 N–H and O–H groups in total. The maximum atomic E-state index is 12.3. The Morgan fingerprint density at radius 2 is 1.09 bits per heavy atom. The standard InChI is InChI=1S/C27H36O6/c1-6-7-8-9-10-25(30-32-26(28)23-15-11-21(12-16-23)19(2)3)31-33-27(29)24-17-13-22(14-18-24)20(4)5/h11-20,25H,6-10H2,1-5H3. The van der Waals surface area contributed by atoms with Crippen LogP contribution in [-0.2, 0) is 19.6 Å². The molecular formula is C27H36O6. The first-order chi connectivity index (χ1) is 15.8. The van der Waals surface area contributed by atoms with E-state index >= 15 is 0 Å². The van der Waals surface area contributed by atoms with Crippen molar-refractivity contribution in [3.8, 4) is 0 Å². The van der Waals surface area contributed by atoms with E-state index in [0.29, 0.717) is 29.4 Å². The van der Waals surface area contributed by atoms with Gasteiger partial charge in [0.15, 0.2) is 0 Å². The number of rotatable bonds is 13. The largest absolute Gasteiger partial charge is 0.373 e. The van der Waals surface area contributed by atoms with Gasteiger partial charge in [-0.2, -0.15) is 0 Å². The minimum Gasteiger partial charge on any atom is -0.290 e. The van der Waals surface area contributed by atoms with Gasteiger partial charge in [-0.15, -0.1) is 9.78 Å². The van der Waals surface area contributed by atoms with E-state index in [9.17, 15) is 9.59 Å². The van der Waals surface area contributed by atoms with Gasteiger partial charge in [-0.3, -0.25) is 9.78 Å². The molecule has 0 saturated carbocycles. The van der Waals surface area contributed by atoms with Crippen molar-refractivity contribution in [2.45, 2.75) is 84.8 Å². The van der Waals surface area contributed by atoms with Crippen LogP contribution in [-0.4, -0.2) is 18.2 Å². The molecular weight excluding hydrogens is 420 g/mol. The SMILES string of the molecule is CCCCCCC(OOC(=O)c1ccc(C(C)C)cc1)OOC(=O)c1ccc(C(C)C)cc1. The second-order valence-corrected chi connectivity index (χ2v) is 8.77. The summed E-state index contributed by atoms with van der Waals surface area (Å²) in [7, 11) is 0. The van der Waals surface area contributed by atoms with E-state index < -0.39 is 18.2 Å². The van der Waals surface area contributed by atoms with Gasteiger partial charge in [0.25, 0.3) is 0 Å². The highest BCUT2D eigenvalue weighted by Crippen LogP contribution is 2.18. The average molecular weight is 457 g/mol. The van der Waals surface area contributed by atoms with Gasteiger partial charge in [0.1, 0.15) is 0 Å². The molecule has 0 heterocycles. The van der Waals surface area contributed by atoms with Crippen molar-refractivity contribution in [2.24, 2.45) is 0 Å². The molecule has 2 aromatic carbocycles. The van der Waals surface area contributed by atoms with Gasteiger partial charge in [0.2, 0.25) is 6.29 Å². The van der Waals surface area contributed by atoms with Crippen LogP contribution in [0, 0.1) is 0 Å². The molecule has 33 heavy (non-hydrogen) atoms. The van der Waals surface area contributed by atoms with E-state index in [0.717, 1.165) is 36.8 Å². The molecule has 0 aliphatic carbocycles. The van der Waals surface area contributed by atoms with Crippen molar-refractivity contribution < 1.29 is 29.1 Å².